The van der Waals surface area contributed by atoms with Crippen molar-refractivity contribution in [3.8, 4) is 0 Å². The highest BCUT2D eigenvalue weighted by molar-refractivity contribution is 6.31. The number of aromatic amines is 1. The molecule has 0 fully saturated rings. The summed E-state index contributed by atoms with van der Waals surface area (Å²) in [7, 11) is 0. The minimum absolute atomic E-state index is 0.101. The highest BCUT2D eigenvalue weighted by Crippen LogP contribution is 2.40. The number of nitrogens with zero attached hydrogens (tertiary/aromatic N) is 4. The SMILES string of the molecule is C=CCC1c2[nH]c3ccc(Cl)cc3c2CCN1c1nc(C(F)(F)F)nc(C(F)(F)F)n1. The van der Waals surface area contributed by atoms with Crippen LogP contribution in [0.4, 0.5) is 32.3 Å². The Kier molecular flexibility index (Phi) is 5.11. The number of halogens is 7. The third-order valence-corrected chi connectivity index (χ3v) is 5.23. The van der Waals surface area contributed by atoms with Crippen molar-refractivity contribution in [1.82, 2.24) is 19.9 Å². The lowest BCUT2D eigenvalue weighted by atomic mass is 9.95. The molecule has 1 aliphatic heterocycles. The first-order chi connectivity index (χ1) is 14.5. The fourth-order valence-electron chi connectivity index (χ4n) is 3.73. The molecule has 0 radical (unpaired) electrons. The van der Waals surface area contributed by atoms with Gasteiger partial charge in [0, 0.05) is 28.2 Å². The van der Waals surface area contributed by atoms with Crippen molar-refractivity contribution in [3.63, 3.8) is 0 Å². The average Bonchev–Trinajstić information content (AvgIpc) is 3.05. The topological polar surface area (TPSA) is 57.7 Å². The van der Waals surface area contributed by atoms with Crippen LogP contribution < -0.4 is 4.90 Å². The van der Waals surface area contributed by atoms with E-state index in [1.165, 1.54) is 11.0 Å². The zero-order valence-corrected chi connectivity index (χ0v) is 16.4. The van der Waals surface area contributed by atoms with Crippen LogP contribution >= 0.6 is 11.6 Å². The maximum atomic E-state index is 13.2. The molecule has 164 valence electrons. The number of benzene rings is 1. The van der Waals surface area contributed by atoms with Gasteiger partial charge in [0.05, 0.1) is 6.04 Å². The van der Waals surface area contributed by atoms with E-state index in [4.69, 9.17) is 11.6 Å². The number of aromatic nitrogens is 4. The number of hydrogen-bond donors (Lipinski definition) is 1. The Morgan fingerprint density at radius 2 is 1.74 bits per heavy atom. The molecule has 4 rings (SSSR count). The molecule has 0 spiro atoms. The predicted molar refractivity (Wildman–Crippen MR) is 102 cm³/mol. The second kappa shape index (κ2) is 7.40. The van der Waals surface area contributed by atoms with Gasteiger partial charge in [0.2, 0.25) is 17.6 Å². The normalized spacial score (nSPS) is 17.1. The lowest BCUT2D eigenvalue weighted by Crippen LogP contribution is -2.37. The lowest BCUT2D eigenvalue weighted by Gasteiger charge is -2.35. The molecule has 0 amide bonds. The zero-order valence-electron chi connectivity index (χ0n) is 15.6. The fourth-order valence-corrected chi connectivity index (χ4v) is 3.90. The van der Waals surface area contributed by atoms with E-state index in [9.17, 15) is 26.3 Å². The van der Waals surface area contributed by atoms with Crippen molar-refractivity contribution in [2.24, 2.45) is 0 Å². The quantitative estimate of drug-likeness (QED) is 0.400. The Balaban J connectivity index is 1.86. The van der Waals surface area contributed by atoms with E-state index >= 15 is 0 Å². The summed E-state index contributed by atoms with van der Waals surface area (Å²) in [6.45, 7) is 3.76. The predicted octanol–water partition coefficient (Wildman–Crippen LogP) is 5.72. The van der Waals surface area contributed by atoms with Crippen molar-refractivity contribution in [3.05, 3.63) is 58.8 Å². The van der Waals surface area contributed by atoms with Gasteiger partial charge >= 0.3 is 12.4 Å². The van der Waals surface area contributed by atoms with E-state index in [0.717, 1.165) is 16.5 Å². The fraction of sp³-hybridized carbons (Fsp3) is 0.316. The standard InChI is InChI=1S/C19H14ClF6N5/c1-2-3-13-14-10(11-8-9(20)4-5-12(11)27-14)6-7-31(13)17-29-15(18(21,22)23)28-16(30-17)19(24,25)26/h2,4-5,8,13,27H,1,3,6-7H2. The van der Waals surface area contributed by atoms with Crippen LogP contribution in [0.15, 0.2) is 30.9 Å². The highest BCUT2D eigenvalue weighted by atomic mass is 35.5. The van der Waals surface area contributed by atoms with Gasteiger partial charge in [-0.25, -0.2) is 4.98 Å². The molecule has 1 N–H and O–H groups in total. The van der Waals surface area contributed by atoms with Crippen molar-refractivity contribution in [1.29, 1.82) is 0 Å². The van der Waals surface area contributed by atoms with Crippen molar-refractivity contribution in [2.45, 2.75) is 31.2 Å². The van der Waals surface area contributed by atoms with Crippen LogP contribution in [-0.4, -0.2) is 26.5 Å². The number of nitrogens with one attached hydrogen (secondary N) is 1. The Morgan fingerprint density at radius 1 is 1.10 bits per heavy atom. The number of fused-ring (bicyclic) bond motifs is 3. The summed E-state index contributed by atoms with van der Waals surface area (Å²) in [4.78, 5) is 13.8. The van der Waals surface area contributed by atoms with Gasteiger partial charge in [-0.2, -0.15) is 36.3 Å². The van der Waals surface area contributed by atoms with Gasteiger partial charge in [-0.3, -0.25) is 0 Å². The molecule has 12 heteroatoms. The van der Waals surface area contributed by atoms with E-state index in [1.807, 2.05) is 0 Å². The van der Waals surface area contributed by atoms with Gasteiger partial charge < -0.3 is 9.88 Å². The first-order valence-corrected chi connectivity index (χ1v) is 9.45. The molecule has 1 unspecified atom stereocenters. The van der Waals surface area contributed by atoms with Crippen molar-refractivity contribution >= 4 is 28.5 Å². The minimum atomic E-state index is -5.16. The Bertz CT molecular complexity index is 1120. The van der Waals surface area contributed by atoms with E-state index < -0.39 is 36.0 Å². The Labute approximate surface area is 176 Å². The Morgan fingerprint density at radius 3 is 2.32 bits per heavy atom. The third kappa shape index (κ3) is 3.93. The molecule has 0 saturated heterocycles. The number of hydrogen-bond acceptors (Lipinski definition) is 4. The molecule has 1 atom stereocenters. The van der Waals surface area contributed by atoms with Gasteiger partial charge in [0.1, 0.15) is 0 Å². The Hall–Kier alpha value is -2.82. The first kappa shape index (κ1) is 21.4. The maximum Gasteiger partial charge on any atom is 0.451 e. The molecular formula is C19H14ClF6N5. The average molecular weight is 462 g/mol. The van der Waals surface area contributed by atoms with Crippen LogP contribution in [0.5, 0.6) is 0 Å². The largest absolute Gasteiger partial charge is 0.451 e. The van der Waals surface area contributed by atoms with E-state index in [-0.39, 0.29) is 13.0 Å². The molecule has 5 nitrogen and oxygen atoms in total. The van der Waals surface area contributed by atoms with Crippen LogP contribution in [0.25, 0.3) is 10.9 Å². The number of H-pyrrole nitrogens is 1. The zero-order chi connectivity index (χ0) is 22.6. The number of anilines is 1. The highest BCUT2D eigenvalue weighted by Gasteiger charge is 2.43. The van der Waals surface area contributed by atoms with Crippen LogP contribution in [0, 0.1) is 0 Å². The molecule has 2 aromatic heterocycles. The summed E-state index contributed by atoms with van der Waals surface area (Å²) in [5.74, 6) is -4.48. The summed E-state index contributed by atoms with van der Waals surface area (Å²) in [5, 5.41) is 1.36. The molecule has 0 bridgehead atoms. The molecule has 1 aromatic carbocycles. The van der Waals surface area contributed by atoms with Gasteiger partial charge in [-0.1, -0.05) is 17.7 Å². The maximum absolute atomic E-state index is 13.2. The van der Waals surface area contributed by atoms with E-state index in [2.05, 4.69) is 26.5 Å². The molecule has 1 aliphatic rings. The lowest BCUT2D eigenvalue weighted by molar-refractivity contribution is -0.155. The van der Waals surface area contributed by atoms with Crippen LogP contribution in [-0.2, 0) is 18.8 Å². The van der Waals surface area contributed by atoms with Crippen LogP contribution in [0.2, 0.25) is 5.02 Å². The summed E-state index contributed by atoms with van der Waals surface area (Å²) in [6.07, 6.45) is -8.21. The van der Waals surface area contributed by atoms with Crippen molar-refractivity contribution in [2.75, 3.05) is 11.4 Å². The minimum Gasteiger partial charge on any atom is -0.356 e. The van der Waals surface area contributed by atoms with Gasteiger partial charge in [0.15, 0.2) is 0 Å². The van der Waals surface area contributed by atoms with E-state index in [1.54, 1.807) is 18.2 Å². The van der Waals surface area contributed by atoms with Gasteiger partial charge in [-0.05, 0) is 36.6 Å². The number of rotatable bonds is 3. The smallest absolute Gasteiger partial charge is 0.356 e. The summed E-state index contributed by atoms with van der Waals surface area (Å²) >= 11 is 6.08. The molecule has 31 heavy (non-hydrogen) atoms. The second-order valence-electron chi connectivity index (χ2n) is 6.97. The summed E-state index contributed by atoms with van der Waals surface area (Å²) in [5.41, 5.74) is 2.29. The van der Waals surface area contributed by atoms with Gasteiger partial charge in [0.25, 0.3) is 0 Å². The summed E-state index contributed by atoms with van der Waals surface area (Å²) < 4.78 is 79.1. The molecular weight excluding hydrogens is 448 g/mol. The third-order valence-electron chi connectivity index (χ3n) is 4.99. The van der Waals surface area contributed by atoms with Crippen molar-refractivity contribution < 1.29 is 26.3 Å². The van der Waals surface area contributed by atoms with Crippen LogP contribution in [0.3, 0.4) is 0 Å². The summed E-state index contributed by atoms with van der Waals surface area (Å²) in [6, 6.07) is 4.57. The number of alkyl halides is 6. The monoisotopic (exact) mass is 461 g/mol. The molecule has 0 aliphatic carbocycles. The molecule has 3 aromatic rings. The first-order valence-electron chi connectivity index (χ1n) is 9.07. The van der Waals surface area contributed by atoms with Gasteiger partial charge in [-0.15, -0.1) is 6.58 Å². The molecule has 3 heterocycles. The van der Waals surface area contributed by atoms with E-state index in [0.29, 0.717) is 17.1 Å². The van der Waals surface area contributed by atoms with Crippen LogP contribution in [0.1, 0.15) is 35.4 Å². The second-order valence-corrected chi connectivity index (χ2v) is 7.41. The molecule has 0 saturated carbocycles.